The summed E-state index contributed by atoms with van der Waals surface area (Å²) in [6, 6.07) is 9.34. The molecule has 0 bridgehead atoms. The Morgan fingerprint density at radius 1 is 1.25 bits per heavy atom. The van der Waals surface area contributed by atoms with Gasteiger partial charge in [0.1, 0.15) is 0 Å². The number of carboxylic acid groups (broad SMARTS) is 1. The first-order chi connectivity index (χ1) is 9.56. The molecule has 1 aromatic carbocycles. The van der Waals surface area contributed by atoms with Crippen LogP contribution < -0.4 is 0 Å². The second-order valence-corrected chi connectivity index (χ2v) is 4.91. The van der Waals surface area contributed by atoms with Crippen molar-refractivity contribution in [1.29, 1.82) is 0 Å². The standard InChI is InChI=1S/C16H14N2O2/c1-10-3-4-15-12(7-10)13(9-18(15)2)14-8-11(16(19)20)5-6-17-14/h3-9H,1-2H3,(H,19,20). The van der Waals surface area contributed by atoms with E-state index in [4.69, 9.17) is 5.11 Å². The van der Waals surface area contributed by atoms with Crippen LogP contribution in [0.25, 0.3) is 22.2 Å². The molecule has 0 aliphatic carbocycles. The smallest absolute Gasteiger partial charge is 0.335 e. The quantitative estimate of drug-likeness (QED) is 0.774. The van der Waals surface area contributed by atoms with Gasteiger partial charge in [-0.25, -0.2) is 4.79 Å². The summed E-state index contributed by atoms with van der Waals surface area (Å²) in [5.74, 6) is -0.940. The average Bonchev–Trinajstić information content (AvgIpc) is 2.75. The van der Waals surface area contributed by atoms with Crippen LogP contribution in [0.1, 0.15) is 15.9 Å². The van der Waals surface area contributed by atoms with E-state index in [1.54, 1.807) is 6.07 Å². The van der Waals surface area contributed by atoms with E-state index in [0.717, 1.165) is 16.5 Å². The SMILES string of the molecule is Cc1ccc2c(c1)c(-c1cc(C(=O)O)ccn1)cn2C. The largest absolute Gasteiger partial charge is 0.478 e. The molecule has 4 heteroatoms. The molecule has 0 radical (unpaired) electrons. The molecular weight excluding hydrogens is 252 g/mol. The minimum atomic E-state index is -0.940. The summed E-state index contributed by atoms with van der Waals surface area (Å²) in [6.45, 7) is 2.04. The van der Waals surface area contributed by atoms with Gasteiger partial charge in [0.25, 0.3) is 0 Å². The number of aromatic carboxylic acids is 1. The molecule has 4 nitrogen and oxygen atoms in total. The maximum Gasteiger partial charge on any atom is 0.335 e. The molecule has 0 saturated carbocycles. The van der Waals surface area contributed by atoms with Crippen LogP contribution in [-0.4, -0.2) is 20.6 Å². The van der Waals surface area contributed by atoms with Crippen molar-refractivity contribution in [1.82, 2.24) is 9.55 Å². The van der Waals surface area contributed by atoms with Crippen LogP contribution in [0.4, 0.5) is 0 Å². The van der Waals surface area contributed by atoms with Crippen molar-refractivity contribution < 1.29 is 9.90 Å². The lowest BCUT2D eigenvalue weighted by Gasteiger charge is -2.01. The molecule has 2 aromatic heterocycles. The molecule has 1 N–H and O–H groups in total. The third-order valence-corrected chi connectivity index (χ3v) is 3.43. The second-order valence-electron chi connectivity index (χ2n) is 4.91. The highest BCUT2D eigenvalue weighted by atomic mass is 16.4. The van der Waals surface area contributed by atoms with Crippen molar-refractivity contribution in [3.63, 3.8) is 0 Å². The zero-order valence-electron chi connectivity index (χ0n) is 11.3. The van der Waals surface area contributed by atoms with Gasteiger partial charge in [0.2, 0.25) is 0 Å². The number of aromatic nitrogens is 2. The third kappa shape index (κ3) is 1.95. The minimum absolute atomic E-state index is 0.250. The Hall–Kier alpha value is -2.62. The Balaban J connectivity index is 2.26. The molecule has 2 heterocycles. The molecule has 0 unspecified atom stereocenters. The molecule has 0 fully saturated rings. The van der Waals surface area contributed by atoms with Crippen LogP contribution in [0, 0.1) is 6.92 Å². The van der Waals surface area contributed by atoms with E-state index in [0.29, 0.717) is 5.69 Å². The predicted octanol–water partition coefficient (Wildman–Crippen LogP) is 3.25. The molecule has 3 aromatic rings. The molecule has 0 aliphatic heterocycles. The van der Waals surface area contributed by atoms with E-state index in [-0.39, 0.29) is 5.56 Å². The van der Waals surface area contributed by atoms with E-state index in [1.165, 1.54) is 17.8 Å². The highest BCUT2D eigenvalue weighted by molar-refractivity contribution is 5.97. The second kappa shape index (κ2) is 4.49. The van der Waals surface area contributed by atoms with Crippen LogP contribution in [0.2, 0.25) is 0 Å². The van der Waals surface area contributed by atoms with E-state index < -0.39 is 5.97 Å². The lowest BCUT2D eigenvalue weighted by Crippen LogP contribution is -1.97. The molecule has 20 heavy (non-hydrogen) atoms. The molecule has 3 rings (SSSR count). The van der Waals surface area contributed by atoms with Gasteiger partial charge in [0.15, 0.2) is 0 Å². The van der Waals surface area contributed by atoms with Crippen molar-refractivity contribution in [2.75, 3.05) is 0 Å². The van der Waals surface area contributed by atoms with Gasteiger partial charge >= 0.3 is 5.97 Å². The summed E-state index contributed by atoms with van der Waals surface area (Å²) in [5, 5.41) is 10.2. The van der Waals surface area contributed by atoms with Crippen LogP contribution in [0.3, 0.4) is 0 Å². The zero-order chi connectivity index (χ0) is 14.3. The first-order valence-electron chi connectivity index (χ1n) is 6.31. The van der Waals surface area contributed by atoms with E-state index in [9.17, 15) is 4.79 Å². The maximum atomic E-state index is 11.1. The fraction of sp³-hybridized carbons (Fsp3) is 0.125. The number of hydrogen-bond donors (Lipinski definition) is 1. The Bertz CT molecular complexity index is 818. The number of aryl methyl sites for hydroxylation is 2. The number of carbonyl (C=O) groups is 1. The highest BCUT2D eigenvalue weighted by Crippen LogP contribution is 2.30. The Morgan fingerprint density at radius 2 is 2.05 bits per heavy atom. The number of benzene rings is 1. The van der Waals surface area contributed by atoms with Crippen LogP contribution in [0.5, 0.6) is 0 Å². The summed E-state index contributed by atoms with van der Waals surface area (Å²) in [4.78, 5) is 15.4. The topological polar surface area (TPSA) is 55.1 Å². The number of hydrogen-bond acceptors (Lipinski definition) is 2. The Kier molecular flexibility index (Phi) is 2.79. The fourth-order valence-electron chi connectivity index (χ4n) is 2.42. The van der Waals surface area contributed by atoms with Crippen molar-refractivity contribution in [3.05, 3.63) is 53.9 Å². The van der Waals surface area contributed by atoms with Crippen molar-refractivity contribution in [2.24, 2.45) is 7.05 Å². The van der Waals surface area contributed by atoms with Crippen molar-refractivity contribution in [2.45, 2.75) is 6.92 Å². The number of pyridine rings is 1. The van der Waals surface area contributed by atoms with E-state index in [2.05, 4.69) is 23.2 Å². The summed E-state index contributed by atoms with van der Waals surface area (Å²) < 4.78 is 2.03. The third-order valence-electron chi connectivity index (χ3n) is 3.43. The van der Waals surface area contributed by atoms with Gasteiger partial charge in [-0.05, 0) is 31.2 Å². The van der Waals surface area contributed by atoms with Gasteiger partial charge < -0.3 is 9.67 Å². The predicted molar refractivity (Wildman–Crippen MR) is 77.8 cm³/mol. The number of carboxylic acids is 1. The summed E-state index contributed by atoms with van der Waals surface area (Å²) in [7, 11) is 1.97. The van der Waals surface area contributed by atoms with Gasteiger partial charge in [-0.1, -0.05) is 11.6 Å². The summed E-state index contributed by atoms with van der Waals surface area (Å²) in [6.07, 6.45) is 3.52. The molecule has 0 aliphatic rings. The Labute approximate surface area is 116 Å². The van der Waals surface area contributed by atoms with E-state index >= 15 is 0 Å². The van der Waals surface area contributed by atoms with Gasteiger partial charge in [0, 0.05) is 35.9 Å². The fourth-order valence-corrected chi connectivity index (χ4v) is 2.42. The van der Waals surface area contributed by atoms with Crippen LogP contribution >= 0.6 is 0 Å². The monoisotopic (exact) mass is 266 g/mol. The summed E-state index contributed by atoms with van der Waals surface area (Å²) >= 11 is 0. The number of rotatable bonds is 2. The maximum absolute atomic E-state index is 11.1. The van der Waals surface area contributed by atoms with Crippen molar-refractivity contribution >= 4 is 16.9 Å². The highest BCUT2D eigenvalue weighted by Gasteiger charge is 2.12. The lowest BCUT2D eigenvalue weighted by atomic mass is 10.1. The normalized spacial score (nSPS) is 10.9. The summed E-state index contributed by atoms with van der Waals surface area (Å²) in [5.41, 5.74) is 4.16. The van der Waals surface area contributed by atoms with Gasteiger partial charge in [-0.15, -0.1) is 0 Å². The molecule has 100 valence electrons. The molecular formula is C16H14N2O2. The number of nitrogens with zero attached hydrogens (tertiary/aromatic N) is 2. The molecule has 0 spiro atoms. The van der Waals surface area contributed by atoms with Crippen molar-refractivity contribution in [3.8, 4) is 11.3 Å². The first-order valence-corrected chi connectivity index (χ1v) is 6.31. The van der Waals surface area contributed by atoms with Crippen LogP contribution in [-0.2, 0) is 7.05 Å². The Morgan fingerprint density at radius 3 is 2.80 bits per heavy atom. The molecule has 0 atom stereocenters. The number of fused-ring (bicyclic) bond motifs is 1. The molecule has 0 saturated heterocycles. The zero-order valence-corrected chi connectivity index (χ0v) is 11.3. The van der Waals surface area contributed by atoms with Gasteiger partial charge in [-0.3, -0.25) is 4.98 Å². The minimum Gasteiger partial charge on any atom is -0.478 e. The first kappa shape index (κ1) is 12.4. The van der Waals surface area contributed by atoms with Gasteiger partial charge in [0.05, 0.1) is 11.3 Å². The lowest BCUT2D eigenvalue weighted by molar-refractivity contribution is 0.0697. The average molecular weight is 266 g/mol. The van der Waals surface area contributed by atoms with E-state index in [1.807, 2.05) is 24.7 Å². The molecule has 0 amide bonds. The van der Waals surface area contributed by atoms with Crippen LogP contribution in [0.15, 0.2) is 42.7 Å². The van der Waals surface area contributed by atoms with Gasteiger partial charge in [-0.2, -0.15) is 0 Å².